The number of fused-ring (bicyclic) bond motifs is 2. The third-order valence-corrected chi connectivity index (χ3v) is 7.33. The Morgan fingerprint density at radius 2 is 1.40 bits per heavy atom. The molecule has 204 valence electrons. The maximum atomic E-state index is 12.9. The van der Waals surface area contributed by atoms with Crippen LogP contribution in [0.2, 0.25) is 0 Å². The van der Waals surface area contributed by atoms with Gasteiger partial charge >= 0.3 is 0 Å². The van der Waals surface area contributed by atoms with E-state index in [1.807, 2.05) is 84.9 Å². The van der Waals surface area contributed by atoms with Crippen LogP contribution in [0.1, 0.15) is 11.3 Å². The fraction of sp³-hybridized carbons (Fsp3) is 0.0857. The molecule has 3 aromatic heterocycles. The molecule has 0 aliphatic carbocycles. The van der Waals surface area contributed by atoms with Gasteiger partial charge in [-0.25, -0.2) is 9.97 Å². The molecule has 0 saturated carbocycles. The first-order chi connectivity index (χ1) is 20.7. The van der Waals surface area contributed by atoms with E-state index in [4.69, 9.17) is 14.7 Å². The summed E-state index contributed by atoms with van der Waals surface area (Å²) in [6, 6.07) is 36.0. The number of ether oxygens (including phenoxy) is 1. The van der Waals surface area contributed by atoms with Gasteiger partial charge in [0.25, 0.3) is 5.56 Å². The van der Waals surface area contributed by atoms with E-state index >= 15 is 0 Å². The topological polar surface area (TPSA) is 85.7 Å². The lowest BCUT2D eigenvalue weighted by atomic mass is 10.0. The average molecular weight is 550 g/mol. The van der Waals surface area contributed by atoms with Crippen LogP contribution in [0.15, 0.2) is 126 Å². The zero-order valence-corrected chi connectivity index (χ0v) is 22.8. The first-order valence-electron chi connectivity index (χ1n) is 13.9. The van der Waals surface area contributed by atoms with E-state index in [1.165, 1.54) is 0 Å². The SMILES string of the molecule is O=c1[nH]c2cc3nc(-c4ccc(-c5ccncc5)cc4)n(CCOc4ccccc4)c3cc2nc1Cc1ccccc1. The molecule has 7 aromatic rings. The second kappa shape index (κ2) is 11.1. The summed E-state index contributed by atoms with van der Waals surface area (Å²) in [7, 11) is 0. The normalized spacial score (nSPS) is 11.2. The number of benzene rings is 4. The largest absolute Gasteiger partial charge is 0.492 e. The molecule has 0 fully saturated rings. The minimum atomic E-state index is -0.187. The van der Waals surface area contributed by atoms with Crippen molar-refractivity contribution in [1.82, 2.24) is 24.5 Å². The van der Waals surface area contributed by atoms with Gasteiger partial charge in [-0.15, -0.1) is 0 Å². The zero-order chi connectivity index (χ0) is 28.3. The summed E-state index contributed by atoms with van der Waals surface area (Å²) in [5.74, 6) is 1.64. The summed E-state index contributed by atoms with van der Waals surface area (Å²) >= 11 is 0. The van der Waals surface area contributed by atoms with Gasteiger partial charge in [-0.2, -0.15) is 0 Å². The van der Waals surface area contributed by atoms with Gasteiger partial charge in [0.2, 0.25) is 0 Å². The van der Waals surface area contributed by atoms with E-state index in [1.54, 1.807) is 12.4 Å². The number of pyridine rings is 1. The number of hydrogen-bond donors (Lipinski definition) is 1. The minimum Gasteiger partial charge on any atom is -0.492 e. The van der Waals surface area contributed by atoms with Crippen molar-refractivity contribution in [2.45, 2.75) is 13.0 Å². The highest BCUT2D eigenvalue weighted by Crippen LogP contribution is 2.29. The van der Waals surface area contributed by atoms with Gasteiger partial charge in [-0.3, -0.25) is 9.78 Å². The van der Waals surface area contributed by atoms with E-state index in [2.05, 4.69) is 38.8 Å². The Bertz CT molecular complexity index is 2040. The molecular weight excluding hydrogens is 522 g/mol. The van der Waals surface area contributed by atoms with Gasteiger partial charge in [0.15, 0.2) is 0 Å². The Labute approximate surface area is 242 Å². The number of aromatic nitrogens is 5. The van der Waals surface area contributed by atoms with Crippen LogP contribution in [0, 0.1) is 0 Å². The lowest BCUT2D eigenvalue weighted by Gasteiger charge is -2.12. The van der Waals surface area contributed by atoms with Gasteiger partial charge in [0.1, 0.15) is 23.9 Å². The highest BCUT2D eigenvalue weighted by Gasteiger charge is 2.16. The van der Waals surface area contributed by atoms with Gasteiger partial charge in [-0.1, -0.05) is 72.8 Å². The fourth-order valence-electron chi connectivity index (χ4n) is 5.23. The average Bonchev–Trinajstić information content (AvgIpc) is 3.39. The first-order valence-corrected chi connectivity index (χ1v) is 13.9. The molecule has 0 aliphatic rings. The molecule has 0 spiro atoms. The second-order valence-electron chi connectivity index (χ2n) is 10.1. The van der Waals surface area contributed by atoms with Crippen molar-refractivity contribution in [3.63, 3.8) is 0 Å². The number of hydrogen-bond acceptors (Lipinski definition) is 5. The summed E-state index contributed by atoms with van der Waals surface area (Å²) in [5, 5.41) is 0. The van der Waals surface area contributed by atoms with Gasteiger partial charge in [0, 0.05) is 24.4 Å². The quantitative estimate of drug-likeness (QED) is 0.229. The number of H-pyrrole nitrogens is 1. The van der Waals surface area contributed by atoms with E-state index < -0.39 is 0 Å². The van der Waals surface area contributed by atoms with Crippen molar-refractivity contribution in [2.75, 3.05) is 6.61 Å². The molecule has 7 rings (SSSR count). The summed E-state index contributed by atoms with van der Waals surface area (Å²) in [6.45, 7) is 1.05. The van der Waals surface area contributed by atoms with Gasteiger partial charge < -0.3 is 14.3 Å². The summed E-state index contributed by atoms with van der Waals surface area (Å²) in [5.41, 5.74) is 7.62. The lowest BCUT2D eigenvalue weighted by Crippen LogP contribution is -2.15. The molecule has 1 N–H and O–H groups in total. The number of aromatic amines is 1. The van der Waals surface area contributed by atoms with Crippen molar-refractivity contribution in [3.05, 3.63) is 143 Å². The molecule has 0 bridgehead atoms. The van der Waals surface area contributed by atoms with Crippen molar-refractivity contribution in [2.24, 2.45) is 0 Å². The van der Waals surface area contributed by atoms with E-state index in [9.17, 15) is 4.79 Å². The van der Waals surface area contributed by atoms with Crippen LogP contribution in [0.3, 0.4) is 0 Å². The maximum absolute atomic E-state index is 12.9. The molecule has 3 heterocycles. The van der Waals surface area contributed by atoms with Crippen LogP contribution < -0.4 is 10.3 Å². The van der Waals surface area contributed by atoms with E-state index in [0.717, 1.165) is 50.4 Å². The molecule has 0 atom stereocenters. The van der Waals surface area contributed by atoms with E-state index in [-0.39, 0.29) is 5.56 Å². The van der Waals surface area contributed by atoms with Crippen LogP contribution in [0.4, 0.5) is 0 Å². The lowest BCUT2D eigenvalue weighted by molar-refractivity contribution is 0.301. The molecule has 42 heavy (non-hydrogen) atoms. The van der Waals surface area contributed by atoms with Crippen molar-refractivity contribution < 1.29 is 4.74 Å². The molecular formula is C35H27N5O2. The maximum Gasteiger partial charge on any atom is 0.270 e. The molecule has 0 saturated heterocycles. The van der Waals surface area contributed by atoms with Crippen molar-refractivity contribution >= 4 is 22.1 Å². The molecule has 0 aliphatic heterocycles. The monoisotopic (exact) mass is 549 g/mol. The molecule has 0 amide bonds. The predicted octanol–water partition coefficient (Wildman–Crippen LogP) is 6.67. The van der Waals surface area contributed by atoms with Crippen molar-refractivity contribution in [1.29, 1.82) is 0 Å². The zero-order valence-electron chi connectivity index (χ0n) is 22.8. The van der Waals surface area contributed by atoms with Crippen LogP contribution in [-0.2, 0) is 13.0 Å². The number of nitrogens with one attached hydrogen (secondary N) is 1. The highest BCUT2D eigenvalue weighted by molar-refractivity contribution is 5.93. The predicted molar refractivity (Wildman–Crippen MR) is 166 cm³/mol. The minimum absolute atomic E-state index is 0.187. The number of rotatable bonds is 8. The Hall–Kier alpha value is -5.56. The molecule has 7 nitrogen and oxygen atoms in total. The second-order valence-corrected chi connectivity index (χ2v) is 10.1. The first kappa shape index (κ1) is 25.4. The molecule has 7 heteroatoms. The smallest absolute Gasteiger partial charge is 0.270 e. The standard InChI is InChI=1S/C35H27N5O2/c41-35-32(21-24-7-3-1-4-8-24)37-30-23-33-31(22-29(30)39-35)38-34(40(33)19-20-42-28-9-5-2-6-10-28)27-13-11-25(12-14-27)26-15-17-36-18-16-26/h1-18,22-23H,19-21H2,(H,39,41). The van der Waals surface area contributed by atoms with Crippen LogP contribution in [-0.4, -0.2) is 31.1 Å². The Kier molecular flexibility index (Phi) is 6.74. The molecule has 0 unspecified atom stereocenters. The van der Waals surface area contributed by atoms with Gasteiger partial charge in [0.05, 0.1) is 28.6 Å². The van der Waals surface area contributed by atoms with Crippen LogP contribution in [0.25, 0.3) is 44.6 Å². The Morgan fingerprint density at radius 1 is 0.714 bits per heavy atom. The fourth-order valence-corrected chi connectivity index (χ4v) is 5.23. The summed E-state index contributed by atoms with van der Waals surface area (Å²) in [4.78, 5) is 29.9. The third-order valence-electron chi connectivity index (χ3n) is 7.33. The van der Waals surface area contributed by atoms with Crippen molar-refractivity contribution in [3.8, 4) is 28.3 Å². The summed E-state index contributed by atoms with van der Waals surface area (Å²) < 4.78 is 8.24. The van der Waals surface area contributed by atoms with E-state index in [0.29, 0.717) is 30.8 Å². The third kappa shape index (κ3) is 5.15. The van der Waals surface area contributed by atoms with Crippen LogP contribution >= 0.6 is 0 Å². The molecule has 0 radical (unpaired) electrons. The molecule has 4 aromatic carbocycles. The van der Waals surface area contributed by atoms with Crippen LogP contribution in [0.5, 0.6) is 5.75 Å². The summed E-state index contributed by atoms with van der Waals surface area (Å²) in [6.07, 6.45) is 4.05. The number of nitrogens with zero attached hydrogens (tertiary/aromatic N) is 4. The number of para-hydroxylation sites is 1. The highest BCUT2D eigenvalue weighted by atomic mass is 16.5. The Morgan fingerprint density at radius 3 is 2.17 bits per heavy atom. The Balaban J connectivity index is 1.30. The van der Waals surface area contributed by atoms with Gasteiger partial charge in [-0.05, 0) is 53.1 Å². The number of imidazole rings is 1.